The number of hydrogen-bond acceptors (Lipinski definition) is 5. The van der Waals surface area contributed by atoms with Crippen molar-refractivity contribution in [2.45, 2.75) is 6.61 Å². The smallest absolute Gasteiger partial charge is 0.335 e. The van der Waals surface area contributed by atoms with Crippen molar-refractivity contribution in [3.8, 4) is 11.5 Å². The van der Waals surface area contributed by atoms with Gasteiger partial charge in [-0.05, 0) is 36.4 Å². The van der Waals surface area contributed by atoms with Crippen LogP contribution in [0.2, 0.25) is 0 Å². The fourth-order valence-electron chi connectivity index (χ4n) is 2.43. The molecule has 122 valence electrons. The van der Waals surface area contributed by atoms with Crippen molar-refractivity contribution in [1.29, 1.82) is 0 Å². The molecule has 6 heteroatoms. The molecule has 1 heterocycles. The van der Waals surface area contributed by atoms with Gasteiger partial charge in [0.1, 0.15) is 11.5 Å². The van der Waals surface area contributed by atoms with Crippen LogP contribution < -0.4 is 4.74 Å². The number of para-hydroxylation sites is 1. The topological polar surface area (TPSA) is 93.1 Å². The van der Waals surface area contributed by atoms with Crippen molar-refractivity contribution in [2.75, 3.05) is 6.79 Å². The van der Waals surface area contributed by atoms with E-state index in [0.717, 1.165) is 0 Å². The number of ketones is 1. The van der Waals surface area contributed by atoms with Crippen molar-refractivity contribution in [3.63, 3.8) is 0 Å². The Kier molecular flexibility index (Phi) is 4.31. The SMILES string of the molecule is O=C(O)c1cc(C=CC(=O)c2ccccc2O)c2c(c1)COCO2. The number of carbonyl (C=O) groups is 2. The van der Waals surface area contributed by atoms with E-state index in [9.17, 15) is 19.8 Å². The Labute approximate surface area is 137 Å². The third-order valence-corrected chi connectivity index (χ3v) is 3.57. The Hall–Kier alpha value is -3.12. The molecule has 3 rings (SSSR count). The monoisotopic (exact) mass is 326 g/mol. The maximum atomic E-state index is 12.2. The summed E-state index contributed by atoms with van der Waals surface area (Å²) in [5, 5.41) is 18.9. The molecule has 2 N–H and O–H groups in total. The van der Waals surface area contributed by atoms with Gasteiger partial charge in [-0.15, -0.1) is 0 Å². The molecule has 0 aromatic heterocycles. The highest BCUT2D eigenvalue weighted by molar-refractivity contribution is 6.08. The highest BCUT2D eigenvalue weighted by Gasteiger charge is 2.18. The van der Waals surface area contributed by atoms with E-state index in [-0.39, 0.29) is 30.3 Å². The van der Waals surface area contributed by atoms with E-state index >= 15 is 0 Å². The zero-order valence-corrected chi connectivity index (χ0v) is 12.6. The van der Waals surface area contributed by atoms with Gasteiger partial charge in [0.25, 0.3) is 0 Å². The summed E-state index contributed by atoms with van der Waals surface area (Å²) in [6, 6.07) is 9.12. The number of carboxylic acid groups (broad SMARTS) is 1. The van der Waals surface area contributed by atoms with Crippen LogP contribution in [0.25, 0.3) is 6.08 Å². The van der Waals surface area contributed by atoms with E-state index in [0.29, 0.717) is 16.9 Å². The lowest BCUT2D eigenvalue weighted by Crippen LogP contribution is -2.13. The van der Waals surface area contributed by atoms with Gasteiger partial charge < -0.3 is 19.7 Å². The Bertz CT molecular complexity index is 837. The van der Waals surface area contributed by atoms with Crippen LogP contribution in [0.1, 0.15) is 31.8 Å². The third kappa shape index (κ3) is 3.13. The van der Waals surface area contributed by atoms with Crippen LogP contribution in [-0.2, 0) is 11.3 Å². The minimum atomic E-state index is -1.08. The van der Waals surface area contributed by atoms with Gasteiger partial charge >= 0.3 is 5.97 Å². The summed E-state index contributed by atoms with van der Waals surface area (Å²) in [7, 11) is 0. The first-order valence-corrected chi connectivity index (χ1v) is 7.17. The molecule has 1 aliphatic rings. The number of aromatic carboxylic acids is 1. The molecule has 0 atom stereocenters. The van der Waals surface area contributed by atoms with E-state index < -0.39 is 11.8 Å². The van der Waals surface area contributed by atoms with Crippen LogP contribution in [0.5, 0.6) is 11.5 Å². The molecule has 0 spiro atoms. The number of benzene rings is 2. The average Bonchev–Trinajstić information content (AvgIpc) is 2.59. The largest absolute Gasteiger partial charge is 0.507 e. The van der Waals surface area contributed by atoms with E-state index in [4.69, 9.17) is 9.47 Å². The first-order valence-electron chi connectivity index (χ1n) is 7.17. The number of aromatic hydroxyl groups is 1. The van der Waals surface area contributed by atoms with Gasteiger partial charge in [0, 0.05) is 11.1 Å². The van der Waals surface area contributed by atoms with E-state index in [1.54, 1.807) is 12.1 Å². The Morgan fingerprint density at radius 3 is 2.71 bits per heavy atom. The fraction of sp³-hybridized carbons (Fsp3) is 0.111. The lowest BCUT2D eigenvalue weighted by molar-refractivity contribution is -0.0165. The molecule has 24 heavy (non-hydrogen) atoms. The first kappa shape index (κ1) is 15.8. The van der Waals surface area contributed by atoms with Gasteiger partial charge in [-0.1, -0.05) is 12.1 Å². The van der Waals surface area contributed by atoms with Crippen molar-refractivity contribution in [1.82, 2.24) is 0 Å². The molecular weight excluding hydrogens is 312 g/mol. The summed E-state index contributed by atoms with van der Waals surface area (Å²) >= 11 is 0. The zero-order valence-electron chi connectivity index (χ0n) is 12.6. The van der Waals surface area contributed by atoms with Gasteiger partial charge in [-0.3, -0.25) is 4.79 Å². The molecule has 0 radical (unpaired) electrons. The fourth-order valence-corrected chi connectivity index (χ4v) is 2.43. The highest BCUT2D eigenvalue weighted by atomic mass is 16.7. The Morgan fingerprint density at radius 1 is 1.17 bits per heavy atom. The predicted molar refractivity (Wildman–Crippen MR) is 85.2 cm³/mol. The quantitative estimate of drug-likeness (QED) is 0.663. The minimum Gasteiger partial charge on any atom is -0.507 e. The standard InChI is InChI=1S/C18H14O6/c19-15-4-2-1-3-14(15)16(20)6-5-11-7-12(18(21)22)8-13-9-23-10-24-17(11)13/h1-8,19H,9-10H2,(H,21,22). The molecule has 1 aliphatic heterocycles. The van der Waals surface area contributed by atoms with Gasteiger partial charge in [-0.25, -0.2) is 4.79 Å². The number of carboxylic acids is 1. The lowest BCUT2D eigenvalue weighted by atomic mass is 10.0. The van der Waals surface area contributed by atoms with Gasteiger partial charge in [0.15, 0.2) is 12.6 Å². The van der Waals surface area contributed by atoms with Crippen molar-refractivity contribution in [3.05, 3.63) is 64.7 Å². The minimum absolute atomic E-state index is 0.0632. The number of phenolic OH excluding ortho intramolecular Hbond substituents is 1. The molecule has 0 fully saturated rings. The number of phenols is 1. The second-order valence-corrected chi connectivity index (χ2v) is 5.18. The number of carbonyl (C=O) groups excluding carboxylic acids is 1. The average molecular weight is 326 g/mol. The third-order valence-electron chi connectivity index (χ3n) is 3.57. The van der Waals surface area contributed by atoms with E-state index in [2.05, 4.69) is 0 Å². The van der Waals surface area contributed by atoms with Gasteiger partial charge in [-0.2, -0.15) is 0 Å². The molecule has 0 aliphatic carbocycles. The summed E-state index contributed by atoms with van der Waals surface area (Å²) in [5.74, 6) is -1.09. The summed E-state index contributed by atoms with van der Waals surface area (Å²) in [6.45, 7) is 0.304. The molecule has 2 aromatic rings. The predicted octanol–water partition coefficient (Wildman–Crippen LogP) is 2.85. The van der Waals surface area contributed by atoms with Crippen molar-refractivity contribution in [2.24, 2.45) is 0 Å². The summed E-state index contributed by atoms with van der Waals surface area (Å²) in [4.78, 5) is 23.4. The Balaban J connectivity index is 1.97. The van der Waals surface area contributed by atoms with Crippen LogP contribution in [0, 0.1) is 0 Å². The second-order valence-electron chi connectivity index (χ2n) is 5.18. The van der Waals surface area contributed by atoms with E-state index in [1.165, 1.54) is 36.4 Å². The van der Waals surface area contributed by atoms with Crippen LogP contribution in [0.3, 0.4) is 0 Å². The summed E-state index contributed by atoms with van der Waals surface area (Å²) < 4.78 is 10.6. The normalized spacial score (nSPS) is 13.3. The molecule has 2 aromatic carbocycles. The molecule has 6 nitrogen and oxygen atoms in total. The van der Waals surface area contributed by atoms with Crippen molar-refractivity contribution >= 4 is 17.8 Å². The first-order chi connectivity index (χ1) is 11.6. The number of rotatable bonds is 4. The number of allylic oxidation sites excluding steroid dienone is 1. The van der Waals surface area contributed by atoms with Crippen LogP contribution in [-0.4, -0.2) is 28.8 Å². The maximum absolute atomic E-state index is 12.2. The van der Waals surface area contributed by atoms with Crippen LogP contribution >= 0.6 is 0 Å². The van der Waals surface area contributed by atoms with Crippen LogP contribution in [0.15, 0.2) is 42.5 Å². The molecule has 0 saturated heterocycles. The highest BCUT2D eigenvalue weighted by Crippen LogP contribution is 2.31. The van der Waals surface area contributed by atoms with Crippen molar-refractivity contribution < 1.29 is 29.3 Å². The zero-order chi connectivity index (χ0) is 17.1. The Morgan fingerprint density at radius 2 is 1.96 bits per heavy atom. The number of hydrogen-bond donors (Lipinski definition) is 2. The number of fused-ring (bicyclic) bond motifs is 1. The number of ether oxygens (including phenoxy) is 2. The van der Waals surface area contributed by atoms with Gasteiger partial charge in [0.2, 0.25) is 0 Å². The van der Waals surface area contributed by atoms with E-state index in [1.807, 2.05) is 0 Å². The van der Waals surface area contributed by atoms with Crippen LogP contribution in [0.4, 0.5) is 0 Å². The summed E-state index contributed by atoms with van der Waals surface area (Å²) in [5.41, 5.74) is 1.33. The maximum Gasteiger partial charge on any atom is 0.335 e. The summed E-state index contributed by atoms with van der Waals surface area (Å²) in [6.07, 6.45) is 2.75. The molecule has 0 saturated carbocycles. The molecule has 0 unspecified atom stereocenters. The molecule has 0 amide bonds. The van der Waals surface area contributed by atoms with Gasteiger partial charge in [0.05, 0.1) is 17.7 Å². The molecule has 0 bridgehead atoms. The molecular formula is C18H14O6. The second kappa shape index (κ2) is 6.55. The lowest BCUT2D eigenvalue weighted by Gasteiger charge is -2.20.